The molecule has 0 fully saturated rings. The number of aryl methyl sites for hydroxylation is 1. The lowest BCUT2D eigenvalue weighted by atomic mass is 10.0. The number of nitrogens with one attached hydrogen (secondary N) is 2. The van der Waals surface area contributed by atoms with Gasteiger partial charge in [-0.3, -0.25) is 14.5 Å². The Kier molecular flexibility index (Phi) is 4.99. The van der Waals surface area contributed by atoms with Crippen molar-refractivity contribution in [2.45, 2.75) is 11.8 Å². The Bertz CT molecular complexity index is 1290. The van der Waals surface area contributed by atoms with Crippen LogP contribution in [0.1, 0.15) is 15.9 Å². The second-order valence-corrected chi connectivity index (χ2v) is 8.83. The van der Waals surface area contributed by atoms with Crippen LogP contribution >= 0.6 is 11.3 Å². The highest BCUT2D eigenvalue weighted by molar-refractivity contribution is 7.93. The number of nitrogens with zero attached hydrogens (tertiary/aromatic N) is 2. The molecule has 2 heterocycles. The predicted octanol–water partition coefficient (Wildman–Crippen LogP) is 4.05. The van der Waals surface area contributed by atoms with Gasteiger partial charge in [0.15, 0.2) is 5.13 Å². The first-order chi connectivity index (χ1) is 13.9. The quantitative estimate of drug-likeness (QED) is 0.503. The molecule has 2 N–H and O–H groups in total. The lowest BCUT2D eigenvalue weighted by Gasteiger charge is -2.11. The lowest BCUT2D eigenvalue weighted by molar-refractivity contribution is 0.102. The van der Waals surface area contributed by atoms with Gasteiger partial charge in [0.1, 0.15) is 0 Å². The van der Waals surface area contributed by atoms with Gasteiger partial charge < -0.3 is 5.32 Å². The first-order valence-electron chi connectivity index (χ1n) is 8.62. The molecule has 2 aromatic carbocycles. The lowest BCUT2D eigenvalue weighted by Crippen LogP contribution is -2.15. The van der Waals surface area contributed by atoms with Crippen LogP contribution in [0, 0.1) is 6.92 Å². The second kappa shape index (κ2) is 7.61. The van der Waals surface area contributed by atoms with Crippen LogP contribution in [0.25, 0.3) is 10.9 Å². The molecule has 1 amide bonds. The number of carbonyl (C=O) groups is 1. The number of fused-ring (bicyclic) bond motifs is 1. The molecule has 29 heavy (non-hydrogen) atoms. The van der Waals surface area contributed by atoms with E-state index in [9.17, 15) is 13.2 Å². The molecule has 4 aromatic rings. The molecule has 0 unspecified atom stereocenters. The van der Waals surface area contributed by atoms with Crippen LogP contribution in [0.5, 0.6) is 0 Å². The number of anilines is 2. The summed E-state index contributed by atoms with van der Waals surface area (Å²) < 4.78 is 27.2. The highest BCUT2D eigenvalue weighted by Crippen LogP contribution is 2.23. The van der Waals surface area contributed by atoms with Crippen LogP contribution in [-0.4, -0.2) is 24.3 Å². The molecule has 0 aliphatic rings. The maximum Gasteiger partial charge on any atom is 0.263 e. The van der Waals surface area contributed by atoms with E-state index in [-0.39, 0.29) is 10.8 Å². The fourth-order valence-electron chi connectivity index (χ4n) is 2.90. The summed E-state index contributed by atoms with van der Waals surface area (Å²) in [6, 6.07) is 13.4. The zero-order valence-electron chi connectivity index (χ0n) is 15.3. The van der Waals surface area contributed by atoms with Crippen LogP contribution < -0.4 is 10.0 Å². The van der Waals surface area contributed by atoms with Crippen LogP contribution in [0.15, 0.2) is 71.2 Å². The number of hydrogen-bond donors (Lipinski definition) is 2. The fourth-order valence-corrected chi connectivity index (χ4v) is 4.69. The van der Waals surface area contributed by atoms with E-state index in [4.69, 9.17) is 0 Å². The molecule has 7 nitrogen and oxygen atoms in total. The standard InChI is InChI=1S/C20H16N4O3S2/c1-13-12-22-17-5-3-2-4-16(17)18(13)19(25)23-14-6-8-15(9-7-14)29(26,27)24-20-21-10-11-28-20/h2-12H,1H3,(H,21,24)(H,23,25). The van der Waals surface area contributed by atoms with E-state index < -0.39 is 10.0 Å². The topological polar surface area (TPSA) is 101 Å². The van der Waals surface area contributed by atoms with Crippen LogP contribution in [0.2, 0.25) is 0 Å². The number of amides is 1. The van der Waals surface area contributed by atoms with Gasteiger partial charge in [-0.2, -0.15) is 0 Å². The Morgan fingerprint density at radius 1 is 1.03 bits per heavy atom. The first-order valence-corrected chi connectivity index (χ1v) is 11.0. The number of rotatable bonds is 5. The van der Waals surface area contributed by atoms with E-state index in [0.717, 1.165) is 16.5 Å². The molecule has 0 bridgehead atoms. The van der Waals surface area contributed by atoms with E-state index >= 15 is 0 Å². The van der Waals surface area contributed by atoms with E-state index in [1.165, 1.54) is 29.7 Å². The summed E-state index contributed by atoms with van der Waals surface area (Å²) in [4.78, 5) is 21.2. The molecule has 146 valence electrons. The number of benzene rings is 2. The minimum Gasteiger partial charge on any atom is -0.322 e. The third-order valence-corrected chi connectivity index (χ3v) is 6.44. The van der Waals surface area contributed by atoms with E-state index in [2.05, 4.69) is 20.0 Å². The molecule has 0 aliphatic carbocycles. The van der Waals surface area contributed by atoms with Gasteiger partial charge >= 0.3 is 0 Å². The van der Waals surface area contributed by atoms with Crippen LogP contribution in [0.4, 0.5) is 10.8 Å². The monoisotopic (exact) mass is 424 g/mol. The number of thiazole rings is 1. The molecule has 0 saturated carbocycles. The maximum atomic E-state index is 12.9. The van der Waals surface area contributed by atoms with Crippen molar-refractivity contribution in [1.29, 1.82) is 0 Å². The number of para-hydroxylation sites is 1. The maximum absolute atomic E-state index is 12.9. The average Bonchev–Trinajstić information content (AvgIpc) is 3.20. The van der Waals surface area contributed by atoms with Crippen molar-refractivity contribution >= 4 is 49.0 Å². The van der Waals surface area contributed by atoms with Gasteiger partial charge in [0, 0.05) is 28.8 Å². The third-order valence-electron chi connectivity index (χ3n) is 4.27. The third kappa shape index (κ3) is 3.96. The summed E-state index contributed by atoms with van der Waals surface area (Å²) in [6.45, 7) is 1.83. The van der Waals surface area contributed by atoms with Gasteiger partial charge in [-0.05, 0) is 42.8 Å². The van der Waals surface area contributed by atoms with E-state index in [1.54, 1.807) is 23.7 Å². The number of aromatic nitrogens is 2. The molecule has 9 heteroatoms. The van der Waals surface area contributed by atoms with Crippen molar-refractivity contribution in [3.63, 3.8) is 0 Å². The number of carbonyl (C=O) groups excluding carboxylic acids is 1. The zero-order valence-corrected chi connectivity index (χ0v) is 16.9. The van der Waals surface area contributed by atoms with Crippen molar-refractivity contribution < 1.29 is 13.2 Å². The number of sulfonamides is 1. The van der Waals surface area contributed by atoms with E-state index in [1.807, 2.05) is 31.2 Å². The predicted molar refractivity (Wildman–Crippen MR) is 114 cm³/mol. The Balaban J connectivity index is 1.57. The SMILES string of the molecule is Cc1cnc2ccccc2c1C(=O)Nc1ccc(S(=O)(=O)Nc2nccs2)cc1. The zero-order chi connectivity index (χ0) is 20.4. The number of pyridine rings is 1. The fraction of sp³-hybridized carbons (Fsp3) is 0.0500. The van der Waals surface area contributed by atoms with E-state index in [0.29, 0.717) is 16.4 Å². The van der Waals surface area contributed by atoms with Gasteiger partial charge in [-0.25, -0.2) is 13.4 Å². The van der Waals surface area contributed by atoms with Crippen molar-refractivity contribution in [2.75, 3.05) is 10.0 Å². The Hall–Kier alpha value is -3.30. The molecule has 0 atom stereocenters. The highest BCUT2D eigenvalue weighted by atomic mass is 32.2. The molecule has 2 aromatic heterocycles. The largest absolute Gasteiger partial charge is 0.322 e. The molecular formula is C20H16N4O3S2. The normalized spacial score (nSPS) is 11.3. The molecule has 4 rings (SSSR count). The van der Waals surface area contributed by atoms with Crippen molar-refractivity contribution in [2.24, 2.45) is 0 Å². The van der Waals surface area contributed by atoms with Crippen molar-refractivity contribution in [3.05, 3.63) is 77.4 Å². The first kappa shape index (κ1) is 19.0. The molecule has 0 aliphatic heterocycles. The summed E-state index contributed by atoms with van der Waals surface area (Å²) in [7, 11) is -3.74. The van der Waals surface area contributed by atoms with Crippen molar-refractivity contribution in [3.8, 4) is 0 Å². The second-order valence-electron chi connectivity index (χ2n) is 6.25. The Morgan fingerprint density at radius 2 is 1.79 bits per heavy atom. The highest BCUT2D eigenvalue weighted by Gasteiger charge is 2.17. The van der Waals surface area contributed by atoms with Crippen molar-refractivity contribution in [1.82, 2.24) is 9.97 Å². The molecule has 0 saturated heterocycles. The Morgan fingerprint density at radius 3 is 2.52 bits per heavy atom. The van der Waals surface area contributed by atoms with Crippen LogP contribution in [-0.2, 0) is 10.0 Å². The average molecular weight is 425 g/mol. The van der Waals surface area contributed by atoms with Gasteiger partial charge in [0.2, 0.25) is 0 Å². The summed E-state index contributed by atoms with van der Waals surface area (Å²) in [5, 5.41) is 5.56. The summed E-state index contributed by atoms with van der Waals surface area (Å²) in [6.07, 6.45) is 3.18. The summed E-state index contributed by atoms with van der Waals surface area (Å²) >= 11 is 1.19. The summed E-state index contributed by atoms with van der Waals surface area (Å²) in [5.41, 5.74) is 2.52. The summed E-state index contributed by atoms with van der Waals surface area (Å²) in [5.74, 6) is -0.280. The molecular weight excluding hydrogens is 408 g/mol. The molecule has 0 radical (unpaired) electrons. The number of hydrogen-bond acceptors (Lipinski definition) is 6. The minimum absolute atomic E-state index is 0.0799. The smallest absolute Gasteiger partial charge is 0.263 e. The van der Waals surface area contributed by atoms with Crippen LogP contribution in [0.3, 0.4) is 0 Å². The van der Waals surface area contributed by atoms with Gasteiger partial charge in [-0.1, -0.05) is 18.2 Å². The minimum atomic E-state index is -3.74. The van der Waals surface area contributed by atoms with Gasteiger partial charge in [-0.15, -0.1) is 11.3 Å². The Labute approximate surface area is 171 Å². The van der Waals surface area contributed by atoms with Gasteiger partial charge in [0.25, 0.3) is 15.9 Å². The molecule has 0 spiro atoms. The van der Waals surface area contributed by atoms with Gasteiger partial charge in [0.05, 0.1) is 16.0 Å².